The van der Waals surface area contributed by atoms with Crippen LogP contribution in [0.1, 0.15) is 59.6 Å². The van der Waals surface area contributed by atoms with Crippen LogP contribution in [0.3, 0.4) is 0 Å². The van der Waals surface area contributed by atoms with E-state index in [0.717, 1.165) is 36.1 Å². The predicted molar refractivity (Wildman–Crippen MR) is 118 cm³/mol. The summed E-state index contributed by atoms with van der Waals surface area (Å²) in [6.45, 7) is 2.72. The molecule has 3 unspecified atom stereocenters. The molecular formula is C23H24ClN3O3. The average molecular weight is 426 g/mol. The third-order valence-corrected chi connectivity index (χ3v) is 6.30. The van der Waals surface area contributed by atoms with Gasteiger partial charge in [0.25, 0.3) is 11.6 Å². The number of para-hydroxylation sites is 1. The normalized spacial score (nSPS) is 21.5. The molecule has 1 aliphatic heterocycles. The van der Waals surface area contributed by atoms with E-state index < -0.39 is 4.92 Å². The molecule has 2 aromatic rings. The van der Waals surface area contributed by atoms with Crippen LogP contribution in [0.5, 0.6) is 0 Å². The number of halogens is 1. The van der Waals surface area contributed by atoms with Crippen LogP contribution in [0.15, 0.2) is 48.6 Å². The zero-order chi connectivity index (χ0) is 21.3. The largest absolute Gasteiger partial charge is 0.377 e. The van der Waals surface area contributed by atoms with Crippen molar-refractivity contribution >= 4 is 28.9 Å². The number of benzene rings is 2. The Kier molecular flexibility index (Phi) is 5.77. The number of fused-ring (bicyclic) bond motifs is 3. The molecule has 0 radical (unpaired) electrons. The molecule has 156 valence electrons. The zero-order valence-electron chi connectivity index (χ0n) is 16.7. The smallest absolute Gasteiger partial charge is 0.288 e. The van der Waals surface area contributed by atoms with Crippen molar-refractivity contribution in [1.82, 2.24) is 5.32 Å². The van der Waals surface area contributed by atoms with E-state index in [2.05, 4.69) is 35.8 Å². The quantitative estimate of drug-likeness (QED) is 0.273. The molecule has 0 spiro atoms. The number of amides is 1. The molecule has 7 heteroatoms. The van der Waals surface area contributed by atoms with Crippen LogP contribution in [0.4, 0.5) is 11.4 Å². The molecule has 30 heavy (non-hydrogen) atoms. The van der Waals surface area contributed by atoms with Gasteiger partial charge < -0.3 is 10.6 Å². The van der Waals surface area contributed by atoms with Crippen molar-refractivity contribution in [3.8, 4) is 0 Å². The van der Waals surface area contributed by atoms with Crippen LogP contribution in [-0.2, 0) is 0 Å². The third kappa shape index (κ3) is 3.67. The van der Waals surface area contributed by atoms with Gasteiger partial charge in [0.1, 0.15) is 5.02 Å². The SMILES string of the molecule is CCCCNC(=O)c1cccc2c1NC(c1ccc(Cl)c([N+](=O)[O-])c1)C1CC=CC21. The number of allylic oxidation sites excluding steroid dienone is 2. The van der Waals surface area contributed by atoms with Gasteiger partial charge in [-0.25, -0.2) is 0 Å². The maximum absolute atomic E-state index is 12.8. The van der Waals surface area contributed by atoms with Crippen molar-refractivity contribution in [2.75, 3.05) is 11.9 Å². The Balaban J connectivity index is 1.73. The predicted octanol–water partition coefficient (Wildman–Crippen LogP) is 5.60. The van der Waals surface area contributed by atoms with Crippen LogP contribution in [0.2, 0.25) is 5.02 Å². The number of anilines is 1. The highest BCUT2D eigenvalue weighted by molar-refractivity contribution is 6.32. The highest BCUT2D eigenvalue weighted by Crippen LogP contribution is 2.51. The van der Waals surface area contributed by atoms with Gasteiger partial charge in [0, 0.05) is 18.5 Å². The van der Waals surface area contributed by atoms with Gasteiger partial charge in [-0.1, -0.05) is 55.3 Å². The van der Waals surface area contributed by atoms with Crippen LogP contribution in [0.25, 0.3) is 0 Å². The summed E-state index contributed by atoms with van der Waals surface area (Å²) >= 11 is 6.02. The second-order valence-corrected chi connectivity index (χ2v) is 8.23. The lowest BCUT2D eigenvalue weighted by molar-refractivity contribution is -0.384. The Morgan fingerprint density at radius 3 is 2.93 bits per heavy atom. The van der Waals surface area contributed by atoms with Crippen molar-refractivity contribution in [2.24, 2.45) is 5.92 Å². The molecule has 2 aliphatic rings. The number of hydrogen-bond donors (Lipinski definition) is 2. The van der Waals surface area contributed by atoms with Crippen LogP contribution >= 0.6 is 11.6 Å². The topological polar surface area (TPSA) is 84.3 Å². The first-order valence-electron chi connectivity index (χ1n) is 10.3. The minimum absolute atomic E-state index is 0.102. The number of nitrogens with zero attached hydrogens (tertiary/aromatic N) is 1. The number of rotatable bonds is 6. The Hall–Kier alpha value is -2.86. The second kappa shape index (κ2) is 8.48. The highest BCUT2D eigenvalue weighted by atomic mass is 35.5. The van der Waals surface area contributed by atoms with Gasteiger partial charge in [-0.05, 0) is 42.0 Å². The van der Waals surface area contributed by atoms with Crippen LogP contribution in [-0.4, -0.2) is 17.4 Å². The van der Waals surface area contributed by atoms with E-state index >= 15 is 0 Å². The lowest BCUT2D eigenvalue weighted by atomic mass is 9.76. The lowest BCUT2D eigenvalue weighted by Gasteiger charge is -2.38. The first-order valence-corrected chi connectivity index (χ1v) is 10.7. The number of nitro groups is 1. The number of hydrogen-bond acceptors (Lipinski definition) is 4. The molecule has 6 nitrogen and oxygen atoms in total. The average Bonchev–Trinajstić information content (AvgIpc) is 3.23. The molecule has 0 aromatic heterocycles. The minimum atomic E-state index is -0.459. The molecule has 0 bridgehead atoms. The van der Waals surface area contributed by atoms with Crippen molar-refractivity contribution in [1.29, 1.82) is 0 Å². The van der Waals surface area contributed by atoms with E-state index in [1.165, 1.54) is 0 Å². The number of nitro benzene ring substituents is 1. The van der Waals surface area contributed by atoms with Gasteiger partial charge in [-0.3, -0.25) is 14.9 Å². The molecule has 1 amide bonds. The summed E-state index contributed by atoms with van der Waals surface area (Å²) in [5, 5.41) is 18.0. The molecule has 1 heterocycles. The van der Waals surface area contributed by atoms with Crippen molar-refractivity contribution < 1.29 is 9.72 Å². The van der Waals surface area contributed by atoms with Gasteiger partial charge in [-0.15, -0.1) is 0 Å². The molecule has 3 atom stereocenters. The molecule has 4 rings (SSSR count). The first kappa shape index (κ1) is 20.4. The number of carbonyl (C=O) groups excluding carboxylic acids is 1. The standard InChI is InChI=1S/C23H24ClN3O3/c1-2-3-12-25-23(28)18-9-5-8-17-15-6-4-7-16(15)21(26-22(17)18)14-10-11-19(24)20(13-14)27(29)30/h4-6,8-11,13,15-16,21,26H,2-3,7,12H2,1H3,(H,25,28). The summed E-state index contributed by atoms with van der Waals surface area (Å²) in [6, 6.07) is 10.6. The van der Waals surface area contributed by atoms with E-state index in [1.807, 2.05) is 18.2 Å². The molecule has 1 aliphatic carbocycles. The third-order valence-electron chi connectivity index (χ3n) is 5.98. The van der Waals surface area contributed by atoms with Gasteiger partial charge >= 0.3 is 0 Å². The Morgan fingerprint density at radius 2 is 2.17 bits per heavy atom. The zero-order valence-corrected chi connectivity index (χ0v) is 17.5. The van der Waals surface area contributed by atoms with Gasteiger partial charge in [0.15, 0.2) is 0 Å². The Morgan fingerprint density at radius 1 is 1.33 bits per heavy atom. The summed E-state index contributed by atoms with van der Waals surface area (Å²) in [6.07, 6.45) is 7.14. The second-order valence-electron chi connectivity index (χ2n) is 7.82. The van der Waals surface area contributed by atoms with Gasteiger partial charge in [0.05, 0.1) is 22.2 Å². The maximum Gasteiger partial charge on any atom is 0.288 e. The Labute approximate surface area is 180 Å². The van der Waals surface area contributed by atoms with E-state index in [9.17, 15) is 14.9 Å². The van der Waals surface area contributed by atoms with E-state index in [-0.39, 0.29) is 34.5 Å². The highest BCUT2D eigenvalue weighted by Gasteiger charge is 2.39. The summed E-state index contributed by atoms with van der Waals surface area (Å²) in [7, 11) is 0. The summed E-state index contributed by atoms with van der Waals surface area (Å²) in [4.78, 5) is 23.8. The molecule has 0 saturated carbocycles. The van der Waals surface area contributed by atoms with Crippen LogP contribution in [0, 0.1) is 16.0 Å². The minimum Gasteiger partial charge on any atom is -0.377 e. The molecule has 2 N–H and O–H groups in total. The van der Waals surface area contributed by atoms with E-state index in [0.29, 0.717) is 12.1 Å². The van der Waals surface area contributed by atoms with Crippen molar-refractivity contribution in [2.45, 2.75) is 38.1 Å². The van der Waals surface area contributed by atoms with E-state index in [4.69, 9.17) is 11.6 Å². The van der Waals surface area contributed by atoms with Gasteiger partial charge in [0.2, 0.25) is 0 Å². The summed E-state index contributed by atoms with van der Waals surface area (Å²) in [5.41, 5.74) is 3.21. The molecule has 0 fully saturated rings. The summed E-state index contributed by atoms with van der Waals surface area (Å²) < 4.78 is 0. The lowest BCUT2D eigenvalue weighted by Crippen LogP contribution is -2.32. The fraction of sp³-hybridized carbons (Fsp3) is 0.348. The fourth-order valence-corrected chi connectivity index (χ4v) is 4.66. The summed E-state index contributed by atoms with van der Waals surface area (Å²) in [5.74, 6) is 0.273. The fourth-order valence-electron chi connectivity index (χ4n) is 4.48. The maximum atomic E-state index is 12.8. The van der Waals surface area contributed by atoms with E-state index in [1.54, 1.807) is 12.1 Å². The number of nitrogens with one attached hydrogen (secondary N) is 2. The number of unbranched alkanes of at least 4 members (excludes halogenated alkanes) is 1. The van der Waals surface area contributed by atoms with Crippen molar-refractivity contribution in [3.05, 3.63) is 80.4 Å². The van der Waals surface area contributed by atoms with Crippen LogP contribution < -0.4 is 10.6 Å². The van der Waals surface area contributed by atoms with Crippen molar-refractivity contribution in [3.63, 3.8) is 0 Å². The monoisotopic (exact) mass is 425 g/mol. The first-order chi connectivity index (χ1) is 14.5. The molecule has 2 aromatic carbocycles. The molecule has 0 saturated heterocycles. The molecular weight excluding hydrogens is 402 g/mol. The Bertz CT molecular complexity index is 1020. The van der Waals surface area contributed by atoms with Gasteiger partial charge in [-0.2, -0.15) is 0 Å². The number of carbonyl (C=O) groups is 1.